The van der Waals surface area contributed by atoms with Crippen LogP contribution in [0.2, 0.25) is 0 Å². The van der Waals surface area contributed by atoms with E-state index in [1.165, 1.54) is 5.56 Å². The van der Waals surface area contributed by atoms with Gasteiger partial charge >= 0.3 is 5.97 Å². The van der Waals surface area contributed by atoms with Gasteiger partial charge in [-0.15, -0.1) is 0 Å². The van der Waals surface area contributed by atoms with Crippen molar-refractivity contribution in [1.82, 2.24) is 0 Å². The first-order valence-electron chi connectivity index (χ1n) is 8.77. The molecule has 132 valence electrons. The first-order valence-corrected chi connectivity index (χ1v) is 8.77. The Labute approximate surface area is 148 Å². The minimum Gasteiger partial charge on any atom is -0.459 e. The van der Waals surface area contributed by atoms with Crippen molar-refractivity contribution in [2.45, 2.75) is 37.9 Å². The summed E-state index contributed by atoms with van der Waals surface area (Å²) in [6.07, 6.45) is 1.22. The summed E-state index contributed by atoms with van der Waals surface area (Å²) in [5.74, 6) is -0.0408. The predicted molar refractivity (Wildman–Crippen MR) is 95.2 cm³/mol. The van der Waals surface area contributed by atoms with Crippen molar-refractivity contribution in [2.24, 2.45) is 0 Å². The highest BCUT2D eigenvalue weighted by molar-refractivity contribution is 5.74. The van der Waals surface area contributed by atoms with Crippen LogP contribution in [0.3, 0.4) is 0 Å². The van der Waals surface area contributed by atoms with E-state index in [0.717, 1.165) is 37.2 Å². The van der Waals surface area contributed by atoms with E-state index in [1.807, 2.05) is 42.5 Å². The Morgan fingerprint density at radius 3 is 2.40 bits per heavy atom. The van der Waals surface area contributed by atoms with Gasteiger partial charge in [0, 0.05) is 19.6 Å². The summed E-state index contributed by atoms with van der Waals surface area (Å²) in [5.41, 5.74) is 3.14. The van der Waals surface area contributed by atoms with Crippen molar-refractivity contribution < 1.29 is 19.4 Å². The molecular weight excluding hydrogens is 316 g/mol. The largest absolute Gasteiger partial charge is 0.459 e. The summed E-state index contributed by atoms with van der Waals surface area (Å²) in [6, 6.07) is 17.6. The standard InChI is InChI=1S/C21H24O4/c22-20(21(23)25-15-17-4-2-1-3-5-17)14-16-6-8-18(9-7-16)19-10-12-24-13-11-19/h1-9,19-20,22H,10-15H2/t20-/m0/s1. The van der Waals surface area contributed by atoms with Gasteiger partial charge in [0.25, 0.3) is 0 Å². The number of carbonyl (C=O) groups excluding carboxylic acids is 1. The van der Waals surface area contributed by atoms with Crippen molar-refractivity contribution in [2.75, 3.05) is 13.2 Å². The Kier molecular flexibility index (Phi) is 6.20. The van der Waals surface area contributed by atoms with Crippen LogP contribution in [0.4, 0.5) is 0 Å². The third kappa shape index (κ3) is 5.15. The van der Waals surface area contributed by atoms with Crippen molar-refractivity contribution in [3.8, 4) is 0 Å². The zero-order chi connectivity index (χ0) is 17.5. The maximum absolute atomic E-state index is 11.9. The van der Waals surface area contributed by atoms with Gasteiger partial charge in [0.1, 0.15) is 6.61 Å². The van der Waals surface area contributed by atoms with E-state index in [0.29, 0.717) is 5.92 Å². The van der Waals surface area contributed by atoms with Crippen LogP contribution in [-0.4, -0.2) is 30.4 Å². The van der Waals surface area contributed by atoms with Crippen LogP contribution in [0.1, 0.15) is 35.4 Å². The number of ether oxygens (including phenoxy) is 2. The minimum absolute atomic E-state index is 0.180. The van der Waals surface area contributed by atoms with Crippen molar-refractivity contribution in [1.29, 1.82) is 0 Å². The number of aliphatic hydroxyl groups excluding tert-OH is 1. The molecule has 1 N–H and O–H groups in total. The molecular formula is C21H24O4. The van der Waals surface area contributed by atoms with Crippen LogP contribution in [0, 0.1) is 0 Å². The Bertz CT molecular complexity index is 660. The summed E-state index contributed by atoms with van der Waals surface area (Å²) in [7, 11) is 0. The number of hydrogen-bond acceptors (Lipinski definition) is 4. The molecule has 0 bridgehead atoms. The van der Waals surface area contributed by atoms with Gasteiger partial charge < -0.3 is 14.6 Å². The van der Waals surface area contributed by atoms with Gasteiger partial charge in [-0.1, -0.05) is 54.6 Å². The van der Waals surface area contributed by atoms with Crippen molar-refractivity contribution >= 4 is 5.97 Å². The van der Waals surface area contributed by atoms with Crippen molar-refractivity contribution in [3.05, 3.63) is 71.3 Å². The van der Waals surface area contributed by atoms with Crippen LogP contribution >= 0.6 is 0 Å². The smallest absolute Gasteiger partial charge is 0.335 e. The van der Waals surface area contributed by atoms with Gasteiger partial charge in [-0.25, -0.2) is 4.79 Å². The fraction of sp³-hybridized carbons (Fsp3) is 0.381. The molecule has 1 heterocycles. The van der Waals surface area contributed by atoms with E-state index in [1.54, 1.807) is 0 Å². The lowest BCUT2D eigenvalue weighted by Crippen LogP contribution is -2.25. The van der Waals surface area contributed by atoms with Gasteiger partial charge in [0.2, 0.25) is 0 Å². The second-order valence-electron chi connectivity index (χ2n) is 6.44. The summed E-state index contributed by atoms with van der Waals surface area (Å²) in [6.45, 7) is 1.82. The molecule has 0 amide bonds. The lowest BCUT2D eigenvalue weighted by Gasteiger charge is -2.22. The number of carbonyl (C=O) groups is 1. The quantitative estimate of drug-likeness (QED) is 0.820. The minimum atomic E-state index is -1.14. The number of aliphatic hydroxyl groups is 1. The monoisotopic (exact) mass is 340 g/mol. The van der Waals surface area contributed by atoms with Crippen molar-refractivity contribution in [3.63, 3.8) is 0 Å². The number of rotatable bonds is 6. The van der Waals surface area contributed by atoms with Crippen LogP contribution in [0.25, 0.3) is 0 Å². The molecule has 3 rings (SSSR count). The molecule has 0 spiro atoms. The first kappa shape index (κ1) is 17.6. The van der Waals surface area contributed by atoms with Gasteiger partial charge in [-0.05, 0) is 35.4 Å². The second kappa shape index (κ2) is 8.79. The molecule has 1 atom stereocenters. The first-order chi connectivity index (χ1) is 12.2. The van der Waals surface area contributed by atoms with E-state index in [-0.39, 0.29) is 13.0 Å². The summed E-state index contributed by atoms with van der Waals surface area (Å²) < 4.78 is 10.6. The van der Waals surface area contributed by atoms with E-state index >= 15 is 0 Å². The molecule has 4 heteroatoms. The lowest BCUT2D eigenvalue weighted by molar-refractivity contribution is -0.154. The SMILES string of the molecule is O=C(OCc1ccccc1)[C@@H](O)Cc1ccc(C2CCOCC2)cc1. The Hall–Kier alpha value is -2.17. The third-order valence-electron chi connectivity index (χ3n) is 4.60. The molecule has 25 heavy (non-hydrogen) atoms. The maximum Gasteiger partial charge on any atom is 0.335 e. The molecule has 2 aromatic rings. The average molecular weight is 340 g/mol. The van der Waals surface area contributed by atoms with Gasteiger partial charge in [-0.2, -0.15) is 0 Å². The highest BCUT2D eigenvalue weighted by atomic mass is 16.5. The number of esters is 1. The van der Waals surface area contributed by atoms with Crippen LogP contribution in [-0.2, 0) is 27.3 Å². The fourth-order valence-corrected chi connectivity index (χ4v) is 3.09. The zero-order valence-corrected chi connectivity index (χ0v) is 14.3. The topological polar surface area (TPSA) is 55.8 Å². The third-order valence-corrected chi connectivity index (χ3v) is 4.60. The highest BCUT2D eigenvalue weighted by Gasteiger charge is 2.19. The molecule has 1 saturated heterocycles. The van der Waals surface area contributed by atoms with Gasteiger partial charge in [-0.3, -0.25) is 0 Å². The molecule has 0 saturated carbocycles. The lowest BCUT2D eigenvalue weighted by atomic mass is 9.91. The summed E-state index contributed by atoms with van der Waals surface area (Å²) >= 11 is 0. The van der Waals surface area contributed by atoms with Gasteiger partial charge in [0.15, 0.2) is 6.10 Å². The molecule has 0 aromatic heterocycles. The van der Waals surface area contributed by atoms with Crippen LogP contribution < -0.4 is 0 Å². The maximum atomic E-state index is 11.9. The predicted octanol–water partition coefficient (Wildman–Crippen LogP) is 3.23. The molecule has 1 fully saturated rings. The van der Waals surface area contributed by atoms with E-state index in [2.05, 4.69) is 12.1 Å². The van der Waals surface area contributed by atoms with E-state index in [9.17, 15) is 9.90 Å². The Morgan fingerprint density at radius 2 is 1.72 bits per heavy atom. The fourth-order valence-electron chi connectivity index (χ4n) is 3.09. The average Bonchev–Trinajstić information content (AvgIpc) is 2.68. The van der Waals surface area contributed by atoms with E-state index < -0.39 is 12.1 Å². The molecule has 1 aliphatic rings. The van der Waals surface area contributed by atoms with E-state index in [4.69, 9.17) is 9.47 Å². The van der Waals surface area contributed by atoms with Crippen LogP contribution in [0.5, 0.6) is 0 Å². The molecule has 0 radical (unpaired) electrons. The van der Waals surface area contributed by atoms with Crippen LogP contribution in [0.15, 0.2) is 54.6 Å². The van der Waals surface area contributed by atoms with Gasteiger partial charge in [0.05, 0.1) is 0 Å². The summed E-state index contributed by atoms with van der Waals surface area (Å²) in [4.78, 5) is 11.9. The highest BCUT2D eigenvalue weighted by Crippen LogP contribution is 2.27. The second-order valence-corrected chi connectivity index (χ2v) is 6.44. The molecule has 2 aromatic carbocycles. The molecule has 0 aliphatic carbocycles. The number of benzene rings is 2. The normalized spacial score (nSPS) is 16.4. The zero-order valence-electron chi connectivity index (χ0n) is 14.3. The Balaban J connectivity index is 1.49. The molecule has 1 aliphatic heterocycles. The Morgan fingerprint density at radius 1 is 1.04 bits per heavy atom. The molecule has 0 unspecified atom stereocenters. The number of hydrogen-bond donors (Lipinski definition) is 1. The summed E-state index contributed by atoms with van der Waals surface area (Å²) in [5, 5.41) is 10.1. The molecule has 4 nitrogen and oxygen atoms in total.